The zero-order chi connectivity index (χ0) is 14.7. The van der Waals surface area contributed by atoms with Gasteiger partial charge in [-0.15, -0.1) is 11.8 Å². The van der Waals surface area contributed by atoms with Crippen molar-refractivity contribution >= 4 is 17.7 Å². The van der Waals surface area contributed by atoms with Crippen LogP contribution >= 0.6 is 11.8 Å². The fourth-order valence-corrected chi connectivity index (χ4v) is 3.03. The average molecular weight is 291 g/mol. The summed E-state index contributed by atoms with van der Waals surface area (Å²) in [5, 5.41) is 9.74. The second-order valence-corrected chi connectivity index (χ2v) is 5.45. The first-order chi connectivity index (χ1) is 9.47. The highest BCUT2D eigenvalue weighted by Gasteiger charge is 2.16. The molecule has 3 nitrogen and oxygen atoms in total. The number of aryl methyl sites for hydroxylation is 2. The van der Waals surface area contributed by atoms with E-state index < -0.39 is 5.97 Å². The number of aromatic carboxylic acids is 1. The molecule has 5 heteroatoms. The van der Waals surface area contributed by atoms with Gasteiger partial charge in [-0.2, -0.15) is 0 Å². The molecule has 0 bridgehead atoms. The quantitative estimate of drug-likeness (QED) is 0.870. The van der Waals surface area contributed by atoms with Gasteiger partial charge >= 0.3 is 5.97 Å². The van der Waals surface area contributed by atoms with E-state index in [1.165, 1.54) is 23.9 Å². The number of aromatic nitrogens is 1. The molecule has 0 unspecified atom stereocenters. The molecule has 1 aromatic heterocycles. The molecular weight excluding hydrogens is 277 g/mol. The Hall–Kier alpha value is -1.88. The van der Waals surface area contributed by atoms with Gasteiger partial charge in [0, 0.05) is 11.4 Å². The lowest BCUT2D eigenvalue weighted by atomic mass is 10.1. The first kappa shape index (κ1) is 14.5. The Morgan fingerprint density at radius 2 is 2.10 bits per heavy atom. The summed E-state index contributed by atoms with van der Waals surface area (Å²) in [6.45, 7) is 3.58. The van der Waals surface area contributed by atoms with Crippen molar-refractivity contribution in [2.24, 2.45) is 0 Å². The number of nitrogens with zero attached hydrogens (tertiary/aromatic N) is 1. The Labute approximate surface area is 120 Å². The molecule has 0 aliphatic rings. The van der Waals surface area contributed by atoms with E-state index in [0.717, 1.165) is 11.3 Å². The van der Waals surface area contributed by atoms with Crippen molar-refractivity contribution < 1.29 is 14.3 Å². The summed E-state index contributed by atoms with van der Waals surface area (Å²) in [5.74, 6) is -0.805. The van der Waals surface area contributed by atoms with E-state index in [1.54, 1.807) is 25.1 Å². The van der Waals surface area contributed by atoms with Crippen molar-refractivity contribution in [1.29, 1.82) is 0 Å². The van der Waals surface area contributed by atoms with Gasteiger partial charge in [0.25, 0.3) is 0 Å². The van der Waals surface area contributed by atoms with E-state index in [1.807, 2.05) is 6.92 Å². The Morgan fingerprint density at radius 1 is 1.35 bits per heavy atom. The third-order valence-electron chi connectivity index (χ3n) is 2.79. The van der Waals surface area contributed by atoms with Crippen LogP contribution in [0.5, 0.6) is 0 Å². The molecule has 0 saturated carbocycles. The highest BCUT2D eigenvalue weighted by Crippen LogP contribution is 2.27. The van der Waals surface area contributed by atoms with Crippen LogP contribution in [-0.4, -0.2) is 16.1 Å². The van der Waals surface area contributed by atoms with Gasteiger partial charge in [-0.1, -0.05) is 12.1 Å². The van der Waals surface area contributed by atoms with E-state index in [2.05, 4.69) is 4.98 Å². The highest BCUT2D eigenvalue weighted by atomic mass is 32.2. The van der Waals surface area contributed by atoms with Crippen molar-refractivity contribution in [2.45, 2.75) is 24.6 Å². The molecule has 1 N–H and O–H groups in total. The van der Waals surface area contributed by atoms with Crippen LogP contribution < -0.4 is 0 Å². The zero-order valence-corrected chi connectivity index (χ0v) is 12.0. The number of rotatable bonds is 4. The molecule has 0 spiro atoms. The molecule has 0 fully saturated rings. The molecule has 104 valence electrons. The van der Waals surface area contributed by atoms with Gasteiger partial charge in [0.15, 0.2) is 0 Å². The molecule has 2 aromatic rings. The van der Waals surface area contributed by atoms with Crippen molar-refractivity contribution in [1.82, 2.24) is 4.98 Å². The topological polar surface area (TPSA) is 50.2 Å². The maximum absolute atomic E-state index is 13.1. The maximum atomic E-state index is 13.1. The van der Waals surface area contributed by atoms with Crippen molar-refractivity contribution in [3.05, 3.63) is 58.5 Å². The molecule has 0 aliphatic carbocycles. The van der Waals surface area contributed by atoms with Gasteiger partial charge in [-0.25, -0.2) is 14.2 Å². The molecule has 0 radical (unpaired) electrons. The SMILES string of the molecule is Cc1cc(C)c(C(=O)O)c(SCc2cccc(F)c2)n1. The Kier molecular flexibility index (Phi) is 4.39. The molecule has 0 aliphatic heterocycles. The van der Waals surface area contributed by atoms with Gasteiger partial charge in [-0.05, 0) is 43.2 Å². The third-order valence-corrected chi connectivity index (χ3v) is 3.84. The minimum absolute atomic E-state index is 0.219. The summed E-state index contributed by atoms with van der Waals surface area (Å²) in [7, 11) is 0. The Balaban J connectivity index is 2.27. The normalized spacial score (nSPS) is 10.6. The molecule has 1 heterocycles. The summed E-state index contributed by atoms with van der Waals surface area (Å²) in [6, 6.07) is 8.01. The van der Waals surface area contributed by atoms with Crippen LogP contribution in [0.25, 0.3) is 0 Å². The van der Waals surface area contributed by atoms with Crippen LogP contribution in [0.4, 0.5) is 4.39 Å². The lowest BCUT2D eigenvalue weighted by molar-refractivity contribution is 0.0691. The number of halogens is 1. The minimum atomic E-state index is -0.989. The molecule has 20 heavy (non-hydrogen) atoms. The Morgan fingerprint density at radius 3 is 2.75 bits per heavy atom. The standard InChI is InChI=1S/C15H14FNO2S/c1-9-6-10(2)17-14(13(9)15(18)19)20-8-11-4-3-5-12(16)7-11/h3-7H,8H2,1-2H3,(H,18,19). The maximum Gasteiger partial charge on any atom is 0.338 e. The number of carboxylic acids is 1. The van der Waals surface area contributed by atoms with Crippen LogP contribution in [-0.2, 0) is 5.75 Å². The van der Waals surface area contributed by atoms with Gasteiger partial charge in [0.1, 0.15) is 10.8 Å². The summed E-state index contributed by atoms with van der Waals surface area (Å²) in [5.41, 5.74) is 2.48. The van der Waals surface area contributed by atoms with E-state index in [-0.39, 0.29) is 11.4 Å². The van der Waals surface area contributed by atoms with E-state index in [9.17, 15) is 14.3 Å². The predicted molar refractivity (Wildman–Crippen MR) is 76.6 cm³/mol. The smallest absolute Gasteiger partial charge is 0.338 e. The molecule has 2 rings (SSSR count). The summed E-state index contributed by atoms with van der Waals surface area (Å²) in [4.78, 5) is 15.6. The molecule has 0 atom stereocenters. The van der Waals surface area contributed by atoms with Gasteiger partial charge in [0.05, 0.1) is 5.56 Å². The zero-order valence-electron chi connectivity index (χ0n) is 11.2. The van der Waals surface area contributed by atoms with E-state index in [0.29, 0.717) is 16.3 Å². The largest absolute Gasteiger partial charge is 0.478 e. The highest BCUT2D eigenvalue weighted by molar-refractivity contribution is 7.98. The third kappa shape index (κ3) is 3.36. The minimum Gasteiger partial charge on any atom is -0.478 e. The van der Waals surface area contributed by atoms with E-state index >= 15 is 0 Å². The van der Waals surface area contributed by atoms with Crippen molar-refractivity contribution in [3.63, 3.8) is 0 Å². The van der Waals surface area contributed by atoms with Gasteiger partial charge in [0.2, 0.25) is 0 Å². The van der Waals surface area contributed by atoms with Gasteiger partial charge in [-0.3, -0.25) is 0 Å². The molecule has 0 amide bonds. The first-order valence-electron chi connectivity index (χ1n) is 6.06. The predicted octanol–water partition coefficient (Wildman–Crippen LogP) is 3.83. The number of hydrogen-bond donors (Lipinski definition) is 1. The van der Waals surface area contributed by atoms with Crippen molar-refractivity contribution in [2.75, 3.05) is 0 Å². The Bertz CT molecular complexity index is 658. The van der Waals surface area contributed by atoms with E-state index in [4.69, 9.17) is 0 Å². The number of carbonyl (C=O) groups is 1. The number of carboxylic acid groups (broad SMARTS) is 1. The monoisotopic (exact) mass is 291 g/mol. The first-order valence-corrected chi connectivity index (χ1v) is 7.04. The van der Waals surface area contributed by atoms with Crippen LogP contribution in [0.1, 0.15) is 27.2 Å². The lowest BCUT2D eigenvalue weighted by Crippen LogP contribution is -2.05. The fraction of sp³-hybridized carbons (Fsp3) is 0.200. The summed E-state index contributed by atoms with van der Waals surface area (Å²) in [6.07, 6.45) is 0. The van der Waals surface area contributed by atoms with Crippen LogP contribution in [0.15, 0.2) is 35.4 Å². The van der Waals surface area contributed by atoms with Crippen molar-refractivity contribution in [3.8, 4) is 0 Å². The molecular formula is C15H14FNO2S. The summed E-state index contributed by atoms with van der Waals surface area (Å²) >= 11 is 1.31. The number of pyridine rings is 1. The molecule has 0 saturated heterocycles. The second-order valence-electron chi connectivity index (χ2n) is 4.48. The number of thioether (sulfide) groups is 1. The fourth-order valence-electron chi connectivity index (χ4n) is 1.95. The van der Waals surface area contributed by atoms with Crippen LogP contribution in [0, 0.1) is 19.7 Å². The van der Waals surface area contributed by atoms with Crippen LogP contribution in [0.3, 0.4) is 0 Å². The number of hydrogen-bond acceptors (Lipinski definition) is 3. The second kappa shape index (κ2) is 6.05. The summed E-state index contributed by atoms with van der Waals surface area (Å²) < 4.78 is 13.1. The average Bonchev–Trinajstić information content (AvgIpc) is 2.35. The number of benzene rings is 1. The van der Waals surface area contributed by atoms with Gasteiger partial charge < -0.3 is 5.11 Å². The van der Waals surface area contributed by atoms with Crippen LogP contribution in [0.2, 0.25) is 0 Å². The molecule has 1 aromatic carbocycles. The lowest BCUT2D eigenvalue weighted by Gasteiger charge is -2.09.